The Morgan fingerprint density at radius 1 is 1.46 bits per heavy atom. The molecular formula is C19H36N4O. The molecule has 0 aromatic rings. The van der Waals surface area contributed by atoms with Crippen molar-refractivity contribution in [2.24, 2.45) is 21.7 Å². The molecule has 2 saturated heterocycles. The lowest BCUT2D eigenvalue weighted by Crippen LogP contribution is -2.51. The van der Waals surface area contributed by atoms with Crippen LogP contribution in [0.2, 0.25) is 0 Å². The minimum absolute atomic E-state index is 0.110. The molecule has 1 amide bonds. The predicted octanol–water partition coefficient (Wildman–Crippen LogP) is 2.63. The van der Waals surface area contributed by atoms with Crippen LogP contribution in [0, 0.1) is 16.7 Å². The molecule has 5 heteroatoms. The molecule has 0 aromatic heterocycles. The molecule has 138 valence electrons. The minimum atomic E-state index is 0.110. The third kappa shape index (κ3) is 5.12. The maximum Gasteiger partial charge on any atom is 0.220 e. The fraction of sp³-hybridized carbons (Fsp3) is 0.895. The van der Waals surface area contributed by atoms with Gasteiger partial charge in [-0.3, -0.25) is 9.79 Å². The van der Waals surface area contributed by atoms with E-state index in [0.717, 1.165) is 51.5 Å². The van der Waals surface area contributed by atoms with Gasteiger partial charge in [0.1, 0.15) is 0 Å². The molecule has 2 aliphatic heterocycles. The van der Waals surface area contributed by atoms with Gasteiger partial charge in [-0.2, -0.15) is 0 Å². The Morgan fingerprint density at radius 2 is 2.21 bits per heavy atom. The normalized spacial score (nSPS) is 25.5. The molecule has 0 aliphatic carbocycles. The number of piperidine rings is 1. The summed E-state index contributed by atoms with van der Waals surface area (Å²) >= 11 is 0. The molecule has 2 fully saturated rings. The van der Waals surface area contributed by atoms with Crippen molar-refractivity contribution in [1.82, 2.24) is 15.5 Å². The van der Waals surface area contributed by atoms with Crippen molar-refractivity contribution in [3.8, 4) is 0 Å². The molecule has 1 atom stereocenters. The Bertz CT molecular complexity index is 472. The van der Waals surface area contributed by atoms with Crippen LogP contribution in [0.25, 0.3) is 0 Å². The molecule has 24 heavy (non-hydrogen) atoms. The summed E-state index contributed by atoms with van der Waals surface area (Å²) in [5.74, 6) is 1.91. The van der Waals surface area contributed by atoms with Crippen LogP contribution in [0.1, 0.15) is 60.3 Å². The molecule has 5 nitrogen and oxygen atoms in total. The highest BCUT2D eigenvalue weighted by atomic mass is 16.1. The summed E-state index contributed by atoms with van der Waals surface area (Å²) in [6, 6.07) is 0. The fourth-order valence-electron chi connectivity index (χ4n) is 4.31. The molecular weight excluding hydrogens is 300 g/mol. The third-order valence-corrected chi connectivity index (χ3v) is 5.11. The molecule has 2 rings (SSSR count). The Labute approximate surface area is 147 Å². The summed E-state index contributed by atoms with van der Waals surface area (Å²) in [6.07, 6.45) is 4.12. The van der Waals surface area contributed by atoms with E-state index in [1.165, 1.54) is 6.42 Å². The quantitative estimate of drug-likeness (QED) is 0.599. The SMILES string of the molecule is CCNC(=NCC(C)(C)CC(C)C)N1CCCC2(CNC(=O)C2)C1. The number of amides is 1. The Morgan fingerprint density at radius 3 is 2.79 bits per heavy atom. The molecule has 0 saturated carbocycles. The monoisotopic (exact) mass is 336 g/mol. The first-order valence-electron chi connectivity index (χ1n) is 9.55. The van der Waals surface area contributed by atoms with Crippen molar-refractivity contribution >= 4 is 11.9 Å². The maximum absolute atomic E-state index is 11.7. The zero-order valence-corrected chi connectivity index (χ0v) is 16.2. The Balaban J connectivity index is 2.06. The average Bonchev–Trinajstić information content (AvgIpc) is 2.82. The van der Waals surface area contributed by atoms with Gasteiger partial charge in [0.05, 0.1) is 0 Å². The summed E-state index contributed by atoms with van der Waals surface area (Å²) < 4.78 is 0. The van der Waals surface area contributed by atoms with Gasteiger partial charge in [-0.1, -0.05) is 27.7 Å². The van der Waals surface area contributed by atoms with Crippen LogP contribution in [0.5, 0.6) is 0 Å². The lowest BCUT2D eigenvalue weighted by molar-refractivity contribution is -0.119. The Kier molecular flexibility index (Phi) is 6.16. The molecule has 2 heterocycles. The van der Waals surface area contributed by atoms with Gasteiger partial charge in [0.15, 0.2) is 5.96 Å². The highest BCUT2D eigenvalue weighted by Gasteiger charge is 2.42. The van der Waals surface area contributed by atoms with Crippen LogP contribution in [0.3, 0.4) is 0 Å². The van der Waals surface area contributed by atoms with Crippen molar-refractivity contribution < 1.29 is 4.79 Å². The van der Waals surface area contributed by atoms with E-state index >= 15 is 0 Å². The van der Waals surface area contributed by atoms with Gasteiger partial charge in [0.2, 0.25) is 5.91 Å². The van der Waals surface area contributed by atoms with E-state index in [9.17, 15) is 4.79 Å². The first-order chi connectivity index (χ1) is 11.3. The number of aliphatic imine (C=N–C) groups is 1. The number of likely N-dealkylation sites (tertiary alicyclic amines) is 1. The number of hydrogen-bond acceptors (Lipinski definition) is 2. The zero-order valence-electron chi connectivity index (χ0n) is 16.2. The number of carbonyl (C=O) groups is 1. The first kappa shape index (κ1) is 19.1. The second-order valence-corrected chi connectivity index (χ2v) is 8.91. The van der Waals surface area contributed by atoms with E-state index in [1.54, 1.807) is 0 Å². The summed E-state index contributed by atoms with van der Waals surface area (Å²) in [7, 11) is 0. The lowest BCUT2D eigenvalue weighted by Gasteiger charge is -2.41. The van der Waals surface area contributed by atoms with Crippen molar-refractivity contribution in [3.05, 3.63) is 0 Å². The summed E-state index contributed by atoms with van der Waals surface area (Å²) in [5.41, 5.74) is 0.326. The van der Waals surface area contributed by atoms with Crippen LogP contribution in [0.15, 0.2) is 4.99 Å². The second kappa shape index (κ2) is 7.75. The number of nitrogens with one attached hydrogen (secondary N) is 2. The van der Waals surface area contributed by atoms with E-state index in [2.05, 4.69) is 50.2 Å². The first-order valence-corrected chi connectivity index (χ1v) is 9.55. The fourth-order valence-corrected chi connectivity index (χ4v) is 4.31. The number of carbonyl (C=O) groups excluding carboxylic acids is 1. The van der Waals surface area contributed by atoms with Gasteiger partial charge < -0.3 is 15.5 Å². The summed E-state index contributed by atoms with van der Waals surface area (Å²) in [6.45, 7) is 15.8. The molecule has 0 aromatic carbocycles. The highest BCUT2D eigenvalue weighted by Crippen LogP contribution is 2.36. The average molecular weight is 337 g/mol. The number of rotatable bonds is 5. The highest BCUT2D eigenvalue weighted by molar-refractivity contribution is 5.81. The van der Waals surface area contributed by atoms with E-state index in [1.807, 2.05) is 0 Å². The van der Waals surface area contributed by atoms with E-state index < -0.39 is 0 Å². The van der Waals surface area contributed by atoms with Crippen molar-refractivity contribution in [2.45, 2.75) is 60.3 Å². The minimum Gasteiger partial charge on any atom is -0.357 e. The smallest absolute Gasteiger partial charge is 0.220 e. The number of guanidine groups is 1. The topological polar surface area (TPSA) is 56.7 Å². The molecule has 0 radical (unpaired) electrons. The van der Waals surface area contributed by atoms with Crippen LogP contribution < -0.4 is 10.6 Å². The van der Waals surface area contributed by atoms with Crippen molar-refractivity contribution in [2.75, 3.05) is 32.7 Å². The molecule has 2 N–H and O–H groups in total. The standard InChI is InChI=1S/C19H36N4O/c1-6-20-17(22-12-18(4,5)10-15(2)3)23-9-7-8-19(14-23)11-16(24)21-13-19/h15H,6-14H2,1-5H3,(H,20,22)(H,21,24). The summed E-state index contributed by atoms with van der Waals surface area (Å²) in [4.78, 5) is 19.0. The third-order valence-electron chi connectivity index (χ3n) is 5.11. The van der Waals surface area contributed by atoms with Crippen LogP contribution in [-0.2, 0) is 4.79 Å². The Hall–Kier alpha value is -1.26. The second-order valence-electron chi connectivity index (χ2n) is 8.91. The van der Waals surface area contributed by atoms with Crippen LogP contribution in [0.4, 0.5) is 0 Å². The van der Waals surface area contributed by atoms with Crippen molar-refractivity contribution in [3.63, 3.8) is 0 Å². The van der Waals surface area contributed by atoms with Crippen LogP contribution >= 0.6 is 0 Å². The van der Waals surface area contributed by atoms with Gasteiger partial charge in [0, 0.05) is 44.6 Å². The predicted molar refractivity (Wildman–Crippen MR) is 100 cm³/mol. The largest absolute Gasteiger partial charge is 0.357 e. The van der Waals surface area contributed by atoms with Gasteiger partial charge in [-0.15, -0.1) is 0 Å². The van der Waals surface area contributed by atoms with Gasteiger partial charge in [-0.25, -0.2) is 0 Å². The van der Waals surface area contributed by atoms with Crippen LogP contribution in [-0.4, -0.2) is 49.5 Å². The van der Waals surface area contributed by atoms with Gasteiger partial charge >= 0.3 is 0 Å². The van der Waals surface area contributed by atoms with E-state index in [-0.39, 0.29) is 16.7 Å². The van der Waals surface area contributed by atoms with Crippen molar-refractivity contribution in [1.29, 1.82) is 0 Å². The van der Waals surface area contributed by atoms with Gasteiger partial charge in [0.25, 0.3) is 0 Å². The molecule has 2 aliphatic rings. The zero-order chi connectivity index (χ0) is 17.8. The summed E-state index contributed by atoms with van der Waals surface area (Å²) in [5, 5.41) is 6.49. The van der Waals surface area contributed by atoms with Gasteiger partial charge in [-0.05, 0) is 37.5 Å². The molecule has 0 bridgehead atoms. The number of nitrogens with zero attached hydrogens (tertiary/aromatic N) is 2. The van der Waals surface area contributed by atoms with E-state index in [0.29, 0.717) is 12.3 Å². The maximum atomic E-state index is 11.7. The number of hydrogen-bond donors (Lipinski definition) is 2. The molecule has 1 unspecified atom stereocenters. The van der Waals surface area contributed by atoms with E-state index in [4.69, 9.17) is 4.99 Å². The lowest BCUT2D eigenvalue weighted by atomic mass is 9.79. The molecule has 1 spiro atoms.